The number of rotatable bonds is 4. The molecule has 3 rings (SSSR count). The summed E-state index contributed by atoms with van der Waals surface area (Å²) in [5.41, 5.74) is 1.07. The SMILES string of the molecule is COc1ccccc1N1CCN(C(=O)CN2CCCC2=O)CC1. The molecule has 2 heterocycles. The van der Waals surface area contributed by atoms with Gasteiger partial charge in [0.1, 0.15) is 5.75 Å². The van der Waals surface area contributed by atoms with Crippen LogP contribution in [0.1, 0.15) is 12.8 Å². The van der Waals surface area contributed by atoms with Crippen molar-refractivity contribution in [2.24, 2.45) is 0 Å². The predicted molar refractivity (Wildman–Crippen MR) is 87.6 cm³/mol. The molecule has 0 bridgehead atoms. The number of carbonyl (C=O) groups excluding carboxylic acids is 2. The number of nitrogens with zero attached hydrogens (tertiary/aromatic N) is 3. The van der Waals surface area contributed by atoms with Crippen molar-refractivity contribution in [2.75, 3.05) is 51.3 Å². The average molecular weight is 317 g/mol. The first-order chi connectivity index (χ1) is 11.2. The van der Waals surface area contributed by atoms with E-state index in [9.17, 15) is 9.59 Å². The Hall–Kier alpha value is -2.24. The molecule has 6 nitrogen and oxygen atoms in total. The zero-order chi connectivity index (χ0) is 16.2. The summed E-state index contributed by atoms with van der Waals surface area (Å²) in [6.45, 7) is 3.86. The summed E-state index contributed by atoms with van der Waals surface area (Å²) in [4.78, 5) is 29.8. The lowest BCUT2D eigenvalue weighted by molar-refractivity contribution is -0.138. The van der Waals surface area contributed by atoms with Gasteiger partial charge in [-0.1, -0.05) is 12.1 Å². The lowest BCUT2D eigenvalue weighted by Crippen LogP contribution is -2.51. The normalized spacial score (nSPS) is 18.5. The minimum atomic E-state index is 0.0555. The highest BCUT2D eigenvalue weighted by Gasteiger charge is 2.27. The Balaban J connectivity index is 1.55. The number of anilines is 1. The van der Waals surface area contributed by atoms with E-state index in [0.29, 0.717) is 26.1 Å². The molecule has 2 fully saturated rings. The lowest BCUT2D eigenvalue weighted by atomic mass is 10.2. The van der Waals surface area contributed by atoms with Gasteiger partial charge in [-0.2, -0.15) is 0 Å². The van der Waals surface area contributed by atoms with Crippen LogP contribution in [0.15, 0.2) is 24.3 Å². The molecule has 2 amide bonds. The number of carbonyl (C=O) groups is 2. The molecule has 2 aliphatic rings. The second-order valence-electron chi connectivity index (χ2n) is 5.96. The first kappa shape index (κ1) is 15.6. The number of ether oxygens (including phenoxy) is 1. The molecule has 1 aromatic carbocycles. The van der Waals surface area contributed by atoms with Gasteiger partial charge in [-0.15, -0.1) is 0 Å². The molecular formula is C17H23N3O3. The van der Waals surface area contributed by atoms with Crippen LogP contribution >= 0.6 is 0 Å². The van der Waals surface area contributed by atoms with Gasteiger partial charge >= 0.3 is 0 Å². The van der Waals surface area contributed by atoms with Gasteiger partial charge in [0.2, 0.25) is 11.8 Å². The van der Waals surface area contributed by atoms with E-state index < -0.39 is 0 Å². The van der Waals surface area contributed by atoms with Crippen LogP contribution in [0.5, 0.6) is 5.75 Å². The molecule has 0 aromatic heterocycles. The molecule has 0 N–H and O–H groups in total. The highest BCUT2D eigenvalue weighted by molar-refractivity contribution is 5.86. The summed E-state index contributed by atoms with van der Waals surface area (Å²) >= 11 is 0. The van der Waals surface area contributed by atoms with Crippen LogP contribution in [0.2, 0.25) is 0 Å². The summed E-state index contributed by atoms with van der Waals surface area (Å²) < 4.78 is 5.41. The summed E-state index contributed by atoms with van der Waals surface area (Å²) in [6.07, 6.45) is 1.45. The third-order valence-corrected chi connectivity index (χ3v) is 4.56. The van der Waals surface area contributed by atoms with Crippen molar-refractivity contribution in [1.29, 1.82) is 0 Å². The van der Waals surface area contributed by atoms with E-state index in [0.717, 1.165) is 30.9 Å². The van der Waals surface area contributed by atoms with E-state index in [4.69, 9.17) is 4.74 Å². The fourth-order valence-corrected chi connectivity index (χ4v) is 3.22. The fraction of sp³-hybridized carbons (Fsp3) is 0.529. The van der Waals surface area contributed by atoms with Gasteiger partial charge in [-0.25, -0.2) is 0 Å². The van der Waals surface area contributed by atoms with Gasteiger partial charge < -0.3 is 19.4 Å². The van der Waals surface area contributed by atoms with Crippen LogP contribution in [-0.2, 0) is 9.59 Å². The average Bonchev–Trinajstić information content (AvgIpc) is 3.00. The molecule has 0 saturated carbocycles. The van der Waals surface area contributed by atoms with Crippen molar-refractivity contribution in [3.63, 3.8) is 0 Å². The topological polar surface area (TPSA) is 53.1 Å². The monoisotopic (exact) mass is 317 g/mol. The van der Waals surface area contributed by atoms with Gasteiger partial charge in [0.15, 0.2) is 0 Å². The second-order valence-corrected chi connectivity index (χ2v) is 5.96. The number of piperazine rings is 1. The van der Waals surface area contributed by atoms with Crippen LogP contribution in [0, 0.1) is 0 Å². The quantitative estimate of drug-likeness (QED) is 0.830. The summed E-state index contributed by atoms with van der Waals surface area (Å²) in [6, 6.07) is 7.94. The Morgan fingerprint density at radius 1 is 1.13 bits per heavy atom. The van der Waals surface area contributed by atoms with Crippen molar-refractivity contribution < 1.29 is 14.3 Å². The number of hydrogen-bond donors (Lipinski definition) is 0. The van der Waals surface area contributed by atoms with E-state index in [1.807, 2.05) is 29.2 Å². The number of para-hydroxylation sites is 2. The first-order valence-electron chi connectivity index (χ1n) is 8.12. The van der Waals surface area contributed by atoms with E-state index in [1.54, 1.807) is 12.0 Å². The van der Waals surface area contributed by atoms with Crippen LogP contribution < -0.4 is 9.64 Å². The maximum Gasteiger partial charge on any atom is 0.242 e. The molecule has 0 atom stereocenters. The number of benzene rings is 1. The first-order valence-corrected chi connectivity index (χ1v) is 8.12. The number of amides is 2. The van der Waals surface area contributed by atoms with Crippen LogP contribution in [0.3, 0.4) is 0 Å². The van der Waals surface area contributed by atoms with Crippen molar-refractivity contribution in [2.45, 2.75) is 12.8 Å². The maximum absolute atomic E-state index is 12.4. The van der Waals surface area contributed by atoms with Crippen LogP contribution in [0.25, 0.3) is 0 Å². The standard InChI is InChI=1S/C17H23N3O3/c1-23-15-6-3-2-5-14(15)18-9-11-19(12-10-18)17(22)13-20-8-4-7-16(20)21/h2-3,5-6H,4,7-13H2,1H3. The highest BCUT2D eigenvalue weighted by atomic mass is 16.5. The highest BCUT2D eigenvalue weighted by Crippen LogP contribution is 2.28. The minimum Gasteiger partial charge on any atom is -0.495 e. The third-order valence-electron chi connectivity index (χ3n) is 4.56. The molecule has 124 valence electrons. The molecule has 0 spiro atoms. The molecule has 0 aliphatic carbocycles. The second kappa shape index (κ2) is 6.89. The van der Waals surface area contributed by atoms with Gasteiger partial charge in [-0.05, 0) is 18.6 Å². The minimum absolute atomic E-state index is 0.0555. The maximum atomic E-state index is 12.4. The largest absolute Gasteiger partial charge is 0.495 e. The molecular weight excluding hydrogens is 294 g/mol. The van der Waals surface area contributed by atoms with Crippen molar-refractivity contribution in [3.8, 4) is 5.75 Å². The zero-order valence-electron chi connectivity index (χ0n) is 13.5. The van der Waals surface area contributed by atoms with E-state index in [2.05, 4.69) is 4.90 Å². The van der Waals surface area contributed by atoms with Gasteiger partial charge in [0.25, 0.3) is 0 Å². The molecule has 2 aliphatic heterocycles. The Labute approximate surface area is 136 Å². The Morgan fingerprint density at radius 2 is 1.87 bits per heavy atom. The predicted octanol–water partition coefficient (Wildman–Crippen LogP) is 0.966. The van der Waals surface area contributed by atoms with E-state index in [1.165, 1.54) is 0 Å². The van der Waals surface area contributed by atoms with Crippen molar-refractivity contribution in [1.82, 2.24) is 9.80 Å². The molecule has 0 radical (unpaired) electrons. The number of methoxy groups -OCH3 is 1. The smallest absolute Gasteiger partial charge is 0.242 e. The van der Waals surface area contributed by atoms with Crippen molar-refractivity contribution in [3.05, 3.63) is 24.3 Å². The van der Waals surface area contributed by atoms with Gasteiger partial charge in [-0.3, -0.25) is 9.59 Å². The fourth-order valence-electron chi connectivity index (χ4n) is 3.22. The zero-order valence-corrected chi connectivity index (χ0v) is 13.5. The summed E-state index contributed by atoms with van der Waals surface area (Å²) in [5, 5.41) is 0. The molecule has 1 aromatic rings. The molecule has 2 saturated heterocycles. The van der Waals surface area contributed by atoms with Gasteiger partial charge in [0, 0.05) is 39.1 Å². The van der Waals surface area contributed by atoms with Crippen LogP contribution in [0.4, 0.5) is 5.69 Å². The number of hydrogen-bond acceptors (Lipinski definition) is 4. The van der Waals surface area contributed by atoms with Crippen LogP contribution in [-0.4, -0.2) is 68.0 Å². The molecule has 6 heteroatoms. The molecule has 0 unspecified atom stereocenters. The lowest BCUT2D eigenvalue weighted by Gasteiger charge is -2.37. The van der Waals surface area contributed by atoms with Crippen molar-refractivity contribution >= 4 is 17.5 Å². The Kier molecular flexibility index (Phi) is 4.69. The summed E-state index contributed by atoms with van der Waals surface area (Å²) in [5.74, 6) is 1.01. The summed E-state index contributed by atoms with van der Waals surface area (Å²) in [7, 11) is 1.67. The Bertz CT molecular complexity index is 582. The Morgan fingerprint density at radius 3 is 2.52 bits per heavy atom. The van der Waals surface area contributed by atoms with Gasteiger partial charge in [0.05, 0.1) is 19.3 Å². The third kappa shape index (κ3) is 3.41. The van der Waals surface area contributed by atoms with E-state index in [-0.39, 0.29) is 18.4 Å². The number of likely N-dealkylation sites (tertiary alicyclic amines) is 1. The molecule has 23 heavy (non-hydrogen) atoms. The van der Waals surface area contributed by atoms with E-state index >= 15 is 0 Å².